The number of carbonyl (C=O) groups excluding carboxylic acids is 2. The van der Waals surface area contributed by atoms with Crippen molar-refractivity contribution in [1.82, 2.24) is 9.78 Å². The average molecular weight is 441 g/mol. The monoisotopic (exact) mass is 440 g/mol. The molecule has 1 heterocycles. The SMILES string of the molecule is COc1cccc(-c2nn(-c3ccc(C)cc3)cc2C(=O)Nc2ccc(NC(C)=O)cc2)c1. The van der Waals surface area contributed by atoms with Gasteiger partial charge >= 0.3 is 0 Å². The molecule has 7 heteroatoms. The summed E-state index contributed by atoms with van der Waals surface area (Å²) in [5, 5.41) is 10.3. The molecule has 2 N–H and O–H groups in total. The molecule has 1 aromatic heterocycles. The van der Waals surface area contributed by atoms with E-state index < -0.39 is 0 Å². The average Bonchev–Trinajstić information content (AvgIpc) is 3.26. The summed E-state index contributed by atoms with van der Waals surface area (Å²) >= 11 is 0. The molecule has 3 aromatic carbocycles. The Balaban J connectivity index is 1.69. The van der Waals surface area contributed by atoms with Crippen LogP contribution in [0.1, 0.15) is 22.8 Å². The summed E-state index contributed by atoms with van der Waals surface area (Å²) in [6.45, 7) is 3.46. The molecule has 4 rings (SSSR count). The van der Waals surface area contributed by atoms with E-state index in [-0.39, 0.29) is 11.8 Å². The van der Waals surface area contributed by atoms with Crippen LogP contribution in [0.5, 0.6) is 5.75 Å². The number of carbonyl (C=O) groups is 2. The minimum Gasteiger partial charge on any atom is -0.497 e. The summed E-state index contributed by atoms with van der Waals surface area (Å²) in [7, 11) is 1.60. The fourth-order valence-electron chi connectivity index (χ4n) is 3.39. The zero-order chi connectivity index (χ0) is 23.4. The lowest BCUT2D eigenvalue weighted by Gasteiger charge is -2.08. The molecule has 4 aromatic rings. The molecule has 0 aliphatic carbocycles. The summed E-state index contributed by atoms with van der Waals surface area (Å²) in [6, 6.07) is 22.3. The quantitative estimate of drug-likeness (QED) is 0.439. The molecule has 2 amide bonds. The Morgan fingerprint density at radius 2 is 1.58 bits per heavy atom. The Kier molecular flexibility index (Phi) is 6.22. The number of rotatable bonds is 6. The Bertz CT molecular complexity index is 1290. The number of hydrogen-bond donors (Lipinski definition) is 2. The fourth-order valence-corrected chi connectivity index (χ4v) is 3.39. The van der Waals surface area contributed by atoms with Crippen molar-refractivity contribution >= 4 is 23.2 Å². The smallest absolute Gasteiger partial charge is 0.259 e. The van der Waals surface area contributed by atoms with Gasteiger partial charge < -0.3 is 15.4 Å². The second kappa shape index (κ2) is 9.40. The van der Waals surface area contributed by atoms with Crippen molar-refractivity contribution in [2.75, 3.05) is 17.7 Å². The van der Waals surface area contributed by atoms with Gasteiger partial charge in [0, 0.05) is 30.1 Å². The van der Waals surface area contributed by atoms with E-state index in [1.165, 1.54) is 6.92 Å². The van der Waals surface area contributed by atoms with E-state index in [0.29, 0.717) is 28.4 Å². The van der Waals surface area contributed by atoms with Crippen molar-refractivity contribution in [2.45, 2.75) is 13.8 Å². The number of aryl methyl sites for hydroxylation is 1. The van der Waals surface area contributed by atoms with Crippen LogP contribution in [0.15, 0.2) is 79.0 Å². The van der Waals surface area contributed by atoms with Crippen LogP contribution < -0.4 is 15.4 Å². The first kappa shape index (κ1) is 21.8. The highest BCUT2D eigenvalue weighted by molar-refractivity contribution is 6.08. The maximum absolute atomic E-state index is 13.3. The molecular formula is C26H24N4O3. The van der Waals surface area contributed by atoms with E-state index in [1.54, 1.807) is 42.3 Å². The molecule has 0 fully saturated rings. The summed E-state index contributed by atoms with van der Waals surface area (Å²) in [5.74, 6) is 0.231. The van der Waals surface area contributed by atoms with Crippen LogP contribution in [0, 0.1) is 6.92 Å². The molecule has 0 saturated heterocycles. The van der Waals surface area contributed by atoms with Crippen LogP contribution in [-0.2, 0) is 4.79 Å². The minimum absolute atomic E-state index is 0.154. The van der Waals surface area contributed by atoms with E-state index in [4.69, 9.17) is 9.84 Å². The number of anilines is 2. The number of hydrogen-bond acceptors (Lipinski definition) is 4. The van der Waals surface area contributed by atoms with Crippen molar-refractivity contribution in [3.63, 3.8) is 0 Å². The molecule has 33 heavy (non-hydrogen) atoms. The maximum Gasteiger partial charge on any atom is 0.259 e. The number of amides is 2. The van der Waals surface area contributed by atoms with Gasteiger partial charge in [0.1, 0.15) is 11.4 Å². The number of nitrogens with one attached hydrogen (secondary N) is 2. The van der Waals surface area contributed by atoms with Gasteiger partial charge in [-0.05, 0) is 55.5 Å². The van der Waals surface area contributed by atoms with E-state index in [2.05, 4.69) is 10.6 Å². The van der Waals surface area contributed by atoms with Crippen molar-refractivity contribution < 1.29 is 14.3 Å². The van der Waals surface area contributed by atoms with Crippen molar-refractivity contribution in [1.29, 1.82) is 0 Å². The molecule has 0 aliphatic rings. The lowest BCUT2D eigenvalue weighted by Crippen LogP contribution is -2.12. The zero-order valence-electron chi connectivity index (χ0n) is 18.6. The lowest BCUT2D eigenvalue weighted by atomic mass is 10.1. The first-order valence-corrected chi connectivity index (χ1v) is 10.4. The second-order valence-electron chi connectivity index (χ2n) is 7.62. The van der Waals surface area contributed by atoms with Gasteiger partial charge in [-0.3, -0.25) is 9.59 Å². The van der Waals surface area contributed by atoms with E-state index in [1.807, 2.05) is 55.5 Å². The number of ether oxygens (including phenoxy) is 1. The second-order valence-corrected chi connectivity index (χ2v) is 7.62. The van der Waals surface area contributed by atoms with Crippen molar-refractivity contribution in [3.8, 4) is 22.7 Å². The maximum atomic E-state index is 13.3. The summed E-state index contributed by atoms with van der Waals surface area (Å²) in [6.07, 6.45) is 1.72. The lowest BCUT2D eigenvalue weighted by molar-refractivity contribution is -0.114. The number of nitrogens with zero attached hydrogens (tertiary/aromatic N) is 2. The Morgan fingerprint density at radius 1 is 0.909 bits per heavy atom. The molecule has 7 nitrogen and oxygen atoms in total. The van der Waals surface area contributed by atoms with E-state index in [9.17, 15) is 9.59 Å². The van der Waals surface area contributed by atoms with Gasteiger partial charge in [-0.15, -0.1) is 0 Å². The van der Waals surface area contributed by atoms with E-state index >= 15 is 0 Å². The largest absolute Gasteiger partial charge is 0.497 e. The van der Waals surface area contributed by atoms with Crippen LogP contribution in [0.2, 0.25) is 0 Å². The molecule has 0 atom stereocenters. The van der Waals surface area contributed by atoms with Crippen LogP contribution in [0.25, 0.3) is 16.9 Å². The standard InChI is InChI=1S/C26H24N4O3/c1-17-7-13-22(14-8-17)30-16-24(25(29-30)19-5-4-6-23(15-19)33-3)26(32)28-21-11-9-20(10-12-21)27-18(2)31/h4-16H,1-3H3,(H,27,31)(H,28,32). The first-order valence-electron chi connectivity index (χ1n) is 10.4. The first-order chi connectivity index (χ1) is 15.9. The summed E-state index contributed by atoms with van der Waals surface area (Å²) in [5.41, 5.74) is 4.99. The molecule has 0 bridgehead atoms. The minimum atomic E-state index is -0.293. The zero-order valence-corrected chi connectivity index (χ0v) is 18.6. The third kappa shape index (κ3) is 5.10. The van der Waals surface area contributed by atoms with Gasteiger partial charge in [0.2, 0.25) is 5.91 Å². The predicted octanol–water partition coefficient (Wildman–Crippen LogP) is 5.07. The third-order valence-corrected chi connectivity index (χ3v) is 5.06. The fraction of sp³-hybridized carbons (Fsp3) is 0.115. The third-order valence-electron chi connectivity index (χ3n) is 5.06. The Hall–Kier alpha value is -4.39. The number of methoxy groups -OCH3 is 1. The van der Waals surface area contributed by atoms with Crippen LogP contribution in [0.3, 0.4) is 0 Å². The number of benzene rings is 3. The molecule has 0 saturated carbocycles. The Morgan fingerprint density at radius 3 is 2.21 bits per heavy atom. The normalized spacial score (nSPS) is 10.5. The molecular weight excluding hydrogens is 416 g/mol. The van der Waals surface area contributed by atoms with Crippen LogP contribution >= 0.6 is 0 Å². The van der Waals surface area contributed by atoms with Gasteiger partial charge in [-0.25, -0.2) is 4.68 Å². The highest BCUT2D eigenvalue weighted by Crippen LogP contribution is 2.28. The summed E-state index contributed by atoms with van der Waals surface area (Å²) < 4.78 is 7.05. The molecule has 166 valence electrons. The molecule has 0 spiro atoms. The van der Waals surface area contributed by atoms with Crippen molar-refractivity contribution in [2.24, 2.45) is 0 Å². The van der Waals surface area contributed by atoms with Gasteiger partial charge in [-0.2, -0.15) is 5.10 Å². The highest BCUT2D eigenvalue weighted by atomic mass is 16.5. The topological polar surface area (TPSA) is 85.2 Å². The van der Waals surface area contributed by atoms with Gasteiger partial charge in [0.15, 0.2) is 0 Å². The van der Waals surface area contributed by atoms with E-state index in [0.717, 1.165) is 16.8 Å². The predicted molar refractivity (Wildman–Crippen MR) is 129 cm³/mol. The van der Waals surface area contributed by atoms with Crippen LogP contribution in [0.4, 0.5) is 11.4 Å². The summed E-state index contributed by atoms with van der Waals surface area (Å²) in [4.78, 5) is 24.5. The van der Waals surface area contributed by atoms with Gasteiger partial charge in [-0.1, -0.05) is 29.8 Å². The van der Waals surface area contributed by atoms with Crippen molar-refractivity contribution in [3.05, 3.63) is 90.1 Å². The molecule has 0 radical (unpaired) electrons. The highest BCUT2D eigenvalue weighted by Gasteiger charge is 2.19. The number of aromatic nitrogens is 2. The molecule has 0 unspecified atom stereocenters. The van der Waals surface area contributed by atoms with Gasteiger partial charge in [0.05, 0.1) is 18.4 Å². The van der Waals surface area contributed by atoms with Gasteiger partial charge in [0.25, 0.3) is 5.91 Å². The van der Waals surface area contributed by atoms with Crippen LogP contribution in [-0.4, -0.2) is 28.7 Å². The molecule has 0 aliphatic heterocycles. The Labute approximate surface area is 192 Å².